The molecule has 0 amide bonds. The lowest BCUT2D eigenvalue weighted by atomic mass is 10.2. The first-order valence-corrected chi connectivity index (χ1v) is 8.40. The van der Waals surface area contributed by atoms with Gasteiger partial charge in [0.25, 0.3) is 0 Å². The fourth-order valence-corrected chi connectivity index (χ4v) is 3.13. The molecule has 1 aliphatic heterocycles. The Morgan fingerprint density at radius 3 is 2.57 bits per heavy atom. The van der Waals surface area contributed by atoms with E-state index in [9.17, 15) is 0 Å². The SMILES string of the molecule is Cc1nc(C2CC2)nc(N2CCN(Cc3cocn3)CC2)c1C. The Morgan fingerprint density at radius 2 is 1.91 bits per heavy atom. The minimum absolute atomic E-state index is 0.599. The van der Waals surface area contributed by atoms with Crippen LogP contribution in [0.25, 0.3) is 0 Å². The Hall–Kier alpha value is -1.95. The van der Waals surface area contributed by atoms with Gasteiger partial charge < -0.3 is 9.32 Å². The average Bonchev–Trinajstić information content (AvgIpc) is 3.29. The number of piperazine rings is 1. The number of hydrogen-bond acceptors (Lipinski definition) is 6. The summed E-state index contributed by atoms with van der Waals surface area (Å²) in [6, 6.07) is 0. The molecule has 2 aliphatic rings. The number of anilines is 1. The van der Waals surface area contributed by atoms with Crippen LogP contribution in [0.1, 0.15) is 41.5 Å². The molecular weight excluding hydrogens is 290 g/mol. The first kappa shape index (κ1) is 14.6. The van der Waals surface area contributed by atoms with Crippen LogP contribution in [0.5, 0.6) is 0 Å². The van der Waals surface area contributed by atoms with E-state index in [1.54, 1.807) is 6.26 Å². The second-order valence-electron chi connectivity index (χ2n) is 6.63. The van der Waals surface area contributed by atoms with Gasteiger partial charge >= 0.3 is 0 Å². The van der Waals surface area contributed by atoms with E-state index in [4.69, 9.17) is 9.40 Å². The predicted octanol–water partition coefficient (Wildman–Crippen LogP) is 2.28. The highest BCUT2D eigenvalue weighted by atomic mass is 16.3. The molecule has 122 valence electrons. The Morgan fingerprint density at radius 1 is 1.13 bits per heavy atom. The molecular formula is C17H23N5O. The zero-order chi connectivity index (χ0) is 15.8. The van der Waals surface area contributed by atoms with Crippen LogP contribution in [0.4, 0.5) is 5.82 Å². The van der Waals surface area contributed by atoms with Gasteiger partial charge in [0.1, 0.15) is 17.9 Å². The molecule has 4 rings (SSSR count). The molecule has 2 aromatic rings. The minimum atomic E-state index is 0.599. The van der Waals surface area contributed by atoms with Crippen LogP contribution in [0, 0.1) is 13.8 Å². The van der Waals surface area contributed by atoms with E-state index in [0.717, 1.165) is 55.8 Å². The Labute approximate surface area is 136 Å². The first-order valence-electron chi connectivity index (χ1n) is 8.40. The molecule has 0 atom stereocenters. The van der Waals surface area contributed by atoms with Crippen LogP contribution in [0.2, 0.25) is 0 Å². The van der Waals surface area contributed by atoms with Crippen molar-refractivity contribution >= 4 is 5.82 Å². The lowest BCUT2D eigenvalue weighted by molar-refractivity contribution is 0.246. The normalized spacial score (nSPS) is 19.3. The number of aryl methyl sites for hydroxylation is 1. The van der Waals surface area contributed by atoms with Crippen molar-refractivity contribution in [2.45, 2.75) is 39.2 Å². The van der Waals surface area contributed by atoms with E-state index in [1.165, 1.54) is 24.8 Å². The van der Waals surface area contributed by atoms with Gasteiger partial charge in [0.15, 0.2) is 6.39 Å². The van der Waals surface area contributed by atoms with Gasteiger partial charge in [-0.25, -0.2) is 15.0 Å². The largest absolute Gasteiger partial charge is 0.451 e. The third-order valence-electron chi connectivity index (χ3n) is 4.86. The Kier molecular flexibility index (Phi) is 3.77. The Bertz CT molecular complexity index is 673. The van der Waals surface area contributed by atoms with E-state index in [0.29, 0.717) is 5.92 Å². The summed E-state index contributed by atoms with van der Waals surface area (Å²) in [6.45, 7) is 9.15. The molecule has 0 aromatic carbocycles. The van der Waals surface area contributed by atoms with Crippen LogP contribution in [0.15, 0.2) is 17.1 Å². The third kappa shape index (κ3) is 3.08. The maximum absolute atomic E-state index is 5.05. The summed E-state index contributed by atoms with van der Waals surface area (Å²) in [6.07, 6.45) is 5.71. The molecule has 0 unspecified atom stereocenters. The van der Waals surface area contributed by atoms with Crippen molar-refractivity contribution in [2.24, 2.45) is 0 Å². The number of rotatable bonds is 4. The molecule has 1 saturated heterocycles. The predicted molar refractivity (Wildman–Crippen MR) is 87.5 cm³/mol. The lowest BCUT2D eigenvalue weighted by Gasteiger charge is -2.36. The summed E-state index contributed by atoms with van der Waals surface area (Å²) in [5.41, 5.74) is 3.35. The van der Waals surface area contributed by atoms with Crippen molar-refractivity contribution in [3.63, 3.8) is 0 Å². The maximum Gasteiger partial charge on any atom is 0.180 e. The molecule has 0 spiro atoms. The summed E-state index contributed by atoms with van der Waals surface area (Å²) in [5, 5.41) is 0. The van der Waals surface area contributed by atoms with Crippen molar-refractivity contribution < 1.29 is 4.42 Å². The van der Waals surface area contributed by atoms with E-state index in [1.807, 2.05) is 0 Å². The molecule has 6 heteroatoms. The number of oxazole rings is 1. The number of hydrogen-bond donors (Lipinski definition) is 0. The van der Waals surface area contributed by atoms with Gasteiger partial charge in [-0.2, -0.15) is 0 Å². The van der Waals surface area contributed by atoms with Gasteiger partial charge in [-0.1, -0.05) is 0 Å². The molecule has 1 saturated carbocycles. The molecule has 23 heavy (non-hydrogen) atoms. The summed E-state index contributed by atoms with van der Waals surface area (Å²) < 4.78 is 5.05. The number of nitrogens with zero attached hydrogens (tertiary/aromatic N) is 5. The average molecular weight is 313 g/mol. The van der Waals surface area contributed by atoms with E-state index >= 15 is 0 Å². The van der Waals surface area contributed by atoms with Crippen LogP contribution < -0.4 is 4.90 Å². The number of aromatic nitrogens is 3. The molecule has 6 nitrogen and oxygen atoms in total. The quantitative estimate of drug-likeness (QED) is 0.863. The summed E-state index contributed by atoms with van der Waals surface area (Å²) >= 11 is 0. The summed E-state index contributed by atoms with van der Waals surface area (Å²) in [4.78, 5) is 18.6. The van der Waals surface area contributed by atoms with Gasteiger partial charge in [-0.05, 0) is 26.7 Å². The van der Waals surface area contributed by atoms with E-state index in [-0.39, 0.29) is 0 Å². The third-order valence-corrected chi connectivity index (χ3v) is 4.86. The molecule has 1 aliphatic carbocycles. The van der Waals surface area contributed by atoms with Crippen molar-refractivity contribution in [1.29, 1.82) is 0 Å². The van der Waals surface area contributed by atoms with Gasteiger partial charge in [0.2, 0.25) is 0 Å². The molecule has 2 aromatic heterocycles. The van der Waals surface area contributed by atoms with Gasteiger partial charge in [-0.3, -0.25) is 4.90 Å². The van der Waals surface area contributed by atoms with Crippen LogP contribution in [-0.4, -0.2) is 46.0 Å². The molecule has 3 heterocycles. The highest BCUT2D eigenvalue weighted by Crippen LogP contribution is 2.39. The fourth-order valence-electron chi connectivity index (χ4n) is 3.13. The van der Waals surface area contributed by atoms with Crippen molar-refractivity contribution in [3.8, 4) is 0 Å². The summed E-state index contributed by atoms with van der Waals surface area (Å²) in [7, 11) is 0. The topological polar surface area (TPSA) is 58.3 Å². The van der Waals surface area contributed by atoms with Crippen LogP contribution in [-0.2, 0) is 6.54 Å². The zero-order valence-electron chi connectivity index (χ0n) is 13.8. The van der Waals surface area contributed by atoms with Crippen molar-refractivity contribution in [2.75, 3.05) is 31.1 Å². The van der Waals surface area contributed by atoms with Crippen LogP contribution in [0.3, 0.4) is 0 Å². The fraction of sp³-hybridized carbons (Fsp3) is 0.588. The highest BCUT2D eigenvalue weighted by molar-refractivity contribution is 5.49. The zero-order valence-corrected chi connectivity index (χ0v) is 13.8. The highest BCUT2D eigenvalue weighted by Gasteiger charge is 2.29. The van der Waals surface area contributed by atoms with E-state index in [2.05, 4.69) is 33.6 Å². The van der Waals surface area contributed by atoms with Crippen LogP contribution >= 0.6 is 0 Å². The second-order valence-corrected chi connectivity index (χ2v) is 6.63. The second kappa shape index (κ2) is 5.92. The molecule has 0 bridgehead atoms. The monoisotopic (exact) mass is 313 g/mol. The van der Waals surface area contributed by atoms with Gasteiger partial charge in [0.05, 0.1) is 5.69 Å². The minimum Gasteiger partial charge on any atom is -0.451 e. The summed E-state index contributed by atoms with van der Waals surface area (Å²) in [5.74, 6) is 2.79. The van der Waals surface area contributed by atoms with Gasteiger partial charge in [0, 0.05) is 49.9 Å². The lowest BCUT2D eigenvalue weighted by Crippen LogP contribution is -2.46. The molecule has 0 N–H and O–H groups in total. The Balaban J connectivity index is 1.45. The first-order chi connectivity index (χ1) is 11.2. The van der Waals surface area contributed by atoms with Gasteiger partial charge in [-0.15, -0.1) is 0 Å². The smallest absolute Gasteiger partial charge is 0.180 e. The maximum atomic E-state index is 5.05. The standard InChI is InChI=1S/C17H23N5O/c1-12-13(2)19-16(14-3-4-14)20-17(12)22-7-5-21(6-8-22)9-15-10-23-11-18-15/h10-11,14H,3-9H2,1-2H3. The molecule has 2 fully saturated rings. The van der Waals surface area contributed by atoms with Crippen molar-refractivity contribution in [3.05, 3.63) is 35.4 Å². The molecule has 0 radical (unpaired) electrons. The van der Waals surface area contributed by atoms with E-state index < -0.39 is 0 Å². The van der Waals surface area contributed by atoms with Crippen molar-refractivity contribution in [1.82, 2.24) is 19.9 Å².